The van der Waals surface area contributed by atoms with Gasteiger partial charge in [0.15, 0.2) is 24.5 Å². The highest BCUT2D eigenvalue weighted by Crippen LogP contribution is 2.30. The SMILES string of the molecule is CC(=O)OC[C@H]1O[C@@H](NC(=O)C(c2ccc([N+](=O)[O-])cc2)N2CCOCCOCCNC(=O)COCC2=O)[C@H](OC(C)=O)[C@@H](OC(C)=O)[C@@H]1OC(C)=O. The smallest absolute Gasteiger partial charge is 0.303 e. The van der Waals surface area contributed by atoms with E-state index in [4.69, 9.17) is 37.9 Å². The minimum atomic E-state index is -1.71. The predicted octanol–water partition coefficient (Wildman–Crippen LogP) is -1.16. The Balaban J connectivity index is 2.08. The van der Waals surface area contributed by atoms with Crippen molar-refractivity contribution in [3.63, 3.8) is 0 Å². The summed E-state index contributed by atoms with van der Waals surface area (Å²) in [5, 5.41) is 16.5. The van der Waals surface area contributed by atoms with Crippen LogP contribution < -0.4 is 10.6 Å². The number of hydrogen-bond acceptors (Lipinski definition) is 17. The van der Waals surface area contributed by atoms with Gasteiger partial charge in [0.2, 0.25) is 17.7 Å². The van der Waals surface area contributed by atoms with Crippen LogP contribution in [0.2, 0.25) is 0 Å². The van der Waals surface area contributed by atoms with Crippen molar-refractivity contribution in [2.45, 2.75) is 64.4 Å². The van der Waals surface area contributed by atoms with Gasteiger partial charge in [-0.15, -0.1) is 0 Å². The molecule has 2 heterocycles. The third kappa shape index (κ3) is 13.3. The number of amides is 3. The van der Waals surface area contributed by atoms with E-state index in [1.807, 2.05) is 0 Å². The summed E-state index contributed by atoms with van der Waals surface area (Å²) in [6.45, 7) is 2.66. The summed E-state index contributed by atoms with van der Waals surface area (Å²) in [6, 6.07) is 3.08. The van der Waals surface area contributed by atoms with Gasteiger partial charge in [0, 0.05) is 52.9 Å². The molecule has 2 aliphatic heterocycles. The van der Waals surface area contributed by atoms with Gasteiger partial charge in [-0.1, -0.05) is 0 Å². The van der Waals surface area contributed by atoms with Crippen LogP contribution in [0.4, 0.5) is 5.69 Å². The number of non-ortho nitro benzene ring substituents is 1. The van der Waals surface area contributed by atoms with E-state index in [2.05, 4.69) is 10.6 Å². The standard InChI is InChI=1S/C32H42N4O17/c1-18(37)49-15-24-28(50-19(2)38)29(51-20(3)39)30(52-21(4)40)32(53-24)34-31(43)27(22-5-7-23(8-6-22)36(44)45)35-10-12-47-14-13-46-11-9-33-25(41)16-48-17-26(35)42/h5-8,24,27-30,32H,9-17H2,1-4H3,(H,33,41)(H,34,43)/t24-,27?,28-,29+,30-,32-/m1/s1. The van der Waals surface area contributed by atoms with Crippen molar-refractivity contribution in [1.29, 1.82) is 0 Å². The van der Waals surface area contributed by atoms with Crippen molar-refractivity contribution < 1.29 is 76.4 Å². The van der Waals surface area contributed by atoms with Crippen molar-refractivity contribution in [3.8, 4) is 0 Å². The van der Waals surface area contributed by atoms with Crippen LogP contribution in [0.5, 0.6) is 0 Å². The number of nitrogens with zero attached hydrogens (tertiary/aromatic N) is 2. The molecule has 0 aromatic heterocycles. The maximum absolute atomic E-state index is 14.4. The van der Waals surface area contributed by atoms with E-state index in [1.165, 1.54) is 12.1 Å². The second-order valence-electron chi connectivity index (χ2n) is 11.5. The molecule has 53 heavy (non-hydrogen) atoms. The summed E-state index contributed by atoms with van der Waals surface area (Å²) < 4.78 is 43.6. The Kier molecular flexibility index (Phi) is 16.5. The number of nitro groups is 1. The van der Waals surface area contributed by atoms with Crippen LogP contribution in [0.1, 0.15) is 39.3 Å². The van der Waals surface area contributed by atoms with Gasteiger partial charge in [0.25, 0.3) is 5.69 Å². The Morgan fingerprint density at radius 1 is 0.849 bits per heavy atom. The van der Waals surface area contributed by atoms with E-state index in [0.29, 0.717) is 0 Å². The molecule has 0 radical (unpaired) electrons. The average molecular weight is 755 g/mol. The van der Waals surface area contributed by atoms with Gasteiger partial charge in [0.1, 0.15) is 32.0 Å². The lowest BCUT2D eigenvalue weighted by Gasteiger charge is -2.45. The zero-order valence-electron chi connectivity index (χ0n) is 29.5. The molecule has 2 saturated heterocycles. The fraction of sp³-hybridized carbons (Fsp3) is 0.594. The molecule has 2 N–H and O–H groups in total. The van der Waals surface area contributed by atoms with Gasteiger partial charge in [-0.3, -0.25) is 43.7 Å². The van der Waals surface area contributed by atoms with Gasteiger partial charge < -0.3 is 53.4 Å². The molecule has 21 nitrogen and oxygen atoms in total. The number of nitro benzene ring substituents is 1. The van der Waals surface area contributed by atoms with Crippen molar-refractivity contribution in [3.05, 3.63) is 39.9 Å². The van der Waals surface area contributed by atoms with Crippen LogP contribution in [0.25, 0.3) is 0 Å². The second-order valence-corrected chi connectivity index (χ2v) is 11.5. The van der Waals surface area contributed by atoms with Gasteiger partial charge >= 0.3 is 23.9 Å². The van der Waals surface area contributed by atoms with E-state index in [-0.39, 0.29) is 50.8 Å². The van der Waals surface area contributed by atoms with Crippen molar-refractivity contribution in [1.82, 2.24) is 15.5 Å². The molecule has 21 heteroatoms. The van der Waals surface area contributed by atoms with Crippen LogP contribution in [-0.4, -0.2) is 141 Å². The Morgan fingerprint density at radius 3 is 2.06 bits per heavy atom. The van der Waals surface area contributed by atoms with E-state index >= 15 is 0 Å². The van der Waals surface area contributed by atoms with Crippen LogP contribution in [-0.2, 0) is 71.5 Å². The molecule has 3 rings (SSSR count). The monoisotopic (exact) mass is 754 g/mol. The number of benzene rings is 1. The topological polar surface area (TPSA) is 264 Å². The molecule has 2 fully saturated rings. The summed E-state index contributed by atoms with van der Waals surface area (Å²) >= 11 is 0. The number of ether oxygens (including phenoxy) is 8. The highest BCUT2D eigenvalue weighted by molar-refractivity contribution is 5.89. The molecule has 1 unspecified atom stereocenters. The van der Waals surface area contributed by atoms with Crippen LogP contribution in [0.15, 0.2) is 24.3 Å². The maximum atomic E-state index is 14.4. The number of hydrogen-bond donors (Lipinski definition) is 2. The highest BCUT2D eigenvalue weighted by atomic mass is 16.7. The number of carbonyl (C=O) groups excluding carboxylic acids is 7. The molecule has 1 aromatic carbocycles. The lowest BCUT2D eigenvalue weighted by molar-refractivity contribution is -0.384. The fourth-order valence-electron chi connectivity index (χ4n) is 5.33. The normalized spacial score (nSPS) is 23.8. The zero-order chi connectivity index (χ0) is 39.1. The molecule has 0 aliphatic carbocycles. The van der Waals surface area contributed by atoms with E-state index in [1.54, 1.807) is 0 Å². The number of esters is 4. The van der Waals surface area contributed by atoms with E-state index < -0.39 is 103 Å². The van der Waals surface area contributed by atoms with Gasteiger partial charge in [0.05, 0.1) is 31.4 Å². The molecule has 3 amide bonds. The number of nitrogens with one attached hydrogen (secondary N) is 2. The Bertz CT molecular complexity index is 1490. The lowest BCUT2D eigenvalue weighted by atomic mass is 9.96. The summed E-state index contributed by atoms with van der Waals surface area (Å²) in [7, 11) is 0. The van der Waals surface area contributed by atoms with Crippen LogP contribution >= 0.6 is 0 Å². The molecule has 6 atom stereocenters. The summed E-state index contributed by atoms with van der Waals surface area (Å²) in [5.74, 6) is -5.80. The minimum absolute atomic E-state index is 0.0612. The first kappa shape index (κ1) is 42.2. The van der Waals surface area contributed by atoms with Crippen molar-refractivity contribution >= 4 is 47.3 Å². The summed E-state index contributed by atoms with van der Waals surface area (Å²) in [5.41, 5.74) is -0.264. The maximum Gasteiger partial charge on any atom is 0.303 e. The zero-order valence-corrected chi connectivity index (χ0v) is 29.5. The Hall–Kier alpha value is -5.25. The molecular weight excluding hydrogens is 712 g/mol. The number of carbonyl (C=O) groups is 7. The summed E-state index contributed by atoms with van der Waals surface area (Å²) in [6.07, 6.45) is -7.93. The molecular formula is C32H42N4O17. The molecule has 1 aromatic rings. The Morgan fingerprint density at radius 2 is 1.45 bits per heavy atom. The third-order valence-electron chi connectivity index (χ3n) is 7.45. The minimum Gasteiger partial charge on any atom is -0.463 e. The van der Waals surface area contributed by atoms with Gasteiger partial charge in [-0.05, 0) is 17.7 Å². The second kappa shape index (κ2) is 20.7. The predicted molar refractivity (Wildman–Crippen MR) is 173 cm³/mol. The van der Waals surface area contributed by atoms with Crippen molar-refractivity contribution in [2.75, 3.05) is 59.3 Å². The molecule has 0 saturated carbocycles. The van der Waals surface area contributed by atoms with Gasteiger partial charge in [-0.25, -0.2) is 0 Å². The molecule has 292 valence electrons. The first-order valence-electron chi connectivity index (χ1n) is 16.3. The third-order valence-corrected chi connectivity index (χ3v) is 7.45. The fourth-order valence-corrected chi connectivity index (χ4v) is 5.33. The largest absolute Gasteiger partial charge is 0.463 e. The van der Waals surface area contributed by atoms with Crippen LogP contribution in [0, 0.1) is 10.1 Å². The van der Waals surface area contributed by atoms with Gasteiger partial charge in [-0.2, -0.15) is 0 Å². The molecule has 2 aliphatic rings. The van der Waals surface area contributed by atoms with Crippen LogP contribution in [0.3, 0.4) is 0 Å². The first-order chi connectivity index (χ1) is 25.2. The molecule has 0 bridgehead atoms. The first-order valence-corrected chi connectivity index (χ1v) is 16.3. The lowest BCUT2D eigenvalue weighted by Crippen LogP contribution is -2.66. The Labute approximate surface area is 302 Å². The van der Waals surface area contributed by atoms with E-state index in [0.717, 1.165) is 44.7 Å². The average Bonchev–Trinajstić information content (AvgIpc) is 3.08. The number of rotatable bonds is 10. The quantitative estimate of drug-likeness (QED) is 0.124. The summed E-state index contributed by atoms with van der Waals surface area (Å²) in [4.78, 5) is 101. The highest BCUT2D eigenvalue weighted by Gasteiger charge is 2.53. The molecule has 0 spiro atoms. The van der Waals surface area contributed by atoms with Crippen molar-refractivity contribution in [2.24, 2.45) is 0 Å². The van der Waals surface area contributed by atoms with E-state index in [9.17, 15) is 43.7 Å².